The Labute approximate surface area is 196 Å². The van der Waals surface area contributed by atoms with Crippen LogP contribution in [0.2, 0.25) is 0 Å². The van der Waals surface area contributed by atoms with Crippen LogP contribution in [0.25, 0.3) is 16.9 Å². The molecule has 3 heterocycles. The molecular weight excluding hydrogens is 441 g/mol. The van der Waals surface area contributed by atoms with E-state index in [1.165, 1.54) is 30.8 Å². The first-order valence-electron chi connectivity index (χ1n) is 10.7. The normalized spacial score (nSPS) is 13.9. The van der Waals surface area contributed by atoms with E-state index in [1.807, 2.05) is 6.07 Å². The molecule has 10 nitrogen and oxygen atoms in total. The van der Waals surface area contributed by atoms with Gasteiger partial charge in [-0.1, -0.05) is 0 Å². The summed E-state index contributed by atoms with van der Waals surface area (Å²) in [7, 11) is 0. The van der Waals surface area contributed by atoms with Crippen LogP contribution >= 0.6 is 0 Å². The highest BCUT2D eigenvalue weighted by Gasteiger charge is 2.28. The number of amides is 1. The van der Waals surface area contributed by atoms with Crippen molar-refractivity contribution in [2.75, 3.05) is 11.9 Å². The number of aromatic nitrogens is 4. The van der Waals surface area contributed by atoms with Gasteiger partial charge in [0.25, 0.3) is 5.91 Å². The van der Waals surface area contributed by atoms with Crippen molar-refractivity contribution < 1.29 is 19.4 Å². The number of fused-ring (bicyclic) bond motifs is 1. The molecule has 0 radical (unpaired) electrons. The highest BCUT2D eigenvalue weighted by atomic mass is 19.1. The number of aliphatic hydroxyl groups is 2. The zero-order chi connectivity index (χ0) is 25.3. The molecule has 0 unspecified atom stereocenters. The van der Waals surface area contributed by atoms with Crippen molar-refractivity contribution in [2.45, 2.75) is 58.0 Å². The first-order valence-corrected chi connectivity index (χ1v) is 10.7. The quantitative estimate of drug-likeness (QED) is 0.392. The van der Waals surface area contributed by atoms with Crippen LogP contribution in [0.4, 0.5) is 10.1 Å². The fourth-order valence-electron chi connectivity index (χ4n) is 2.95. The van der Waals surface area contributed by atoms with Crippen molar-refractivity contribution in [3.8, 4) is 17.3 Å². The molecule has 0 fully saturated rings. The number of rotatable bonds is 8. The van der Waals surface area contributed by atoms with E-state index in [0.29, 0.717) is 28.2 Å². The van der Waals surface area contributed by atoms with Crippen LogP contribution in [-0.2, 0) is 0 Å². The molecule has 0 aliphatic carbocycles. The number of alkyl halides is 1. The van der Waals surface area contributed by atoms with Gasteiger partial charge in [0.15, 0.2) is 5.65 Å². The highest BCUT2D eigenvalue weighted by molar-refractivity contribution is 6.00. The number of nitrogens with one attached hydrogen (secondary N) is 2. The number of anilines is 1. The van der Waals surface area contributed by atoms with E-state index in [9.17, 15) is 19.4 Å². The van der Waals surface area contributed by atoms with Crippen molar-refractivity contribution in [3.63, 3.8) is 0 Å². The van der Waals surface area contributed by atoms with E-state index >= 15 is 0 Å². The monoisotopic (exact) mass is 469 g/mol. The maximum atomic E-state index is 14.1. The van der Waals surface area contributed by atoms with Gasteiger partial charge in [-0.2, -0.15) is 10.4 Å². The van der Waals surface area contributed by atoms with E-state index in [4.69, 9.17) is 5.26 Å². The van der Waals surface area contributed by atoms with Crippen molar-refractivity contribution in [1.29, 1.82) is 5.26 Å². The molecule has 0 aliphatic heterocycles. The molecule has 0 aliphatic rings. The Morgan fingerprint density at radius 2 is 1.91 bits per heavy atom. The van der Waals surface area contributed by atoms with Crippen molar-refractivity contribution in [3.05, 3.63) is 42.0 Å². The molecule has 0 spiro atoms. The summed E-state index contributed by atoms with van der Waals surface area (Å²) in [5.74, 6) is -0.590. The van der Waals surface area contributed by atoms with E-state index in [0.717, 1.165) is 0 Å². The lowest BCUT2D eigenvalue weighted by Gasteiger charge is -2.28. The number of nitrogens with zero attached hydrogens (tertiary/aromatic N) is 5. The number of halogens is 1. The van der Waals surface area contributed by atoms with Crippen LogP contribution < -0.4 is 10.6 Å². The molecule has 180 valence electrons. The van der Waals surface area contributed by atoms with Crippen LogP contribution in [0, 0.1) is 11.3 Å². The summed E-state index contributed by atoms with van der Waals surface area (Å²) >= 11 is 0. The number of carbonyl (C=O) groups excluding carboxylic acids is 1. The summed E-state index contributed by atoms with van der Waals surface area (Å²) < 4.78 is 15.6. The van der Waals surface area contributed by atoms with Crippen LogP contribution in [0.1, 0.15) is 50.5 Å². The molecule has 0 aromatic carbocycles. The van der Waals surface area contributed by atoms with Gasteiger partial charge in [0.05, 0.1) is 64.3 Å². The van der Waals surface area contributed by atoms with E-state index < -0.39 is 29.3 Å². The van der Waals surface area contributed by atoms with Crippen LogP contribution in [0.5, 0.6) is 0 Å². The summed E-state index contributed by atoms with van der Waals surface area (Å²) in [6.07, 6.45) is 4.19. The third-order valence-electron chi connectivity index (χ3n) is 5.55. The van der Waals surface area contributed by atoms with Crippen LogP contribution in [-0.4, -0.2) is 65.7 Å². The summed E-state index contributed by atoms with van der Waals surface area (Å²) in [6.45, 7) is 7.28. The molecule has 0 saturated carbocycles. The average Bonchev–Trinajstić information content (AvgIpc) is 3.18. The molecule has 34 heavy (non-hydrogen) atoms. The Morgan fingerprint density at radius 1 is 1.21 bits per heavy atom. The second-order valence-corrected chi connectivity index (χ2v) is 9.25. The number of hydrogen-bond acceptors (Lipinski definition) is 8. The van der Waals surface area contributed by atoms with E-state index in [1.54, 1.807) is 39.2 Å². The zero-order valence-corrected chi connectivity index (χ0v) is 19.7. The van der Waals surface area contributed by atoms with Gasteiger partial charge in [0.2, 0.25) is 0 Å². The lowest BCUT2D eigenvalue weighted by Crippen LogP contribution is -2.42. The smallest absolute Gasteiger partial charge is 0.255 e. The van der Waals surface area contributed by atoms with E-state index in [2.05, 4.69) is 25.7 Å². The van der Waals surface area contributed by atoms with E-state index in [-0.39, 0.29) is 12.1 Å². The molecule has 0 saturated heterocycles. The van der Waals surface area contributed by atoms with Gasteiger partial charge in [0.1, 0.15) is 12.2 Å². The minimum atomic E-state index is -1.67. The summed E-state index contributed by atoms with van der Waals surface area (Å²) in [5.41, 5.74) is -0.371. The SMILES string of the molecule is C[C@H](Nc1cc(-c2cnn3cc(C#N)cnc23)ncc1C(=O)NC[C@@H](F)C(C)(C)O)C(C)(C)O. The summed E-state index contributed by atoms with van der Waals surface area (Å²) in [6, 6.07) is 3.17. The van der Waals surface area contributed by atoms with Crippen molar-refractivity contribution in [2.24, 2.45) is 0 Å². The van der Waals surface area contributed by atoms with Crippen LogP contribution in [0.15, 0.2) is 30.9 Å². The van der Waals surface area contributed by atoms with Crippen molar-refractivity contribution in [1.82, 2.24) is 24.9 Å². The maximum absolute atomic E-state index is 14.1. The topological polar surface area (TPSA) is 148 Å². The highest BCUT2D eigenvalue weighted by Crippen LogP contribution is 2.28. The second kappa shape index (κ2) is 9.32. The molecule has 2 atom stereocenters. The number of pyridine rings is 1. The Bertz CT molecular complexity index is 1240. The maximum Gasteiger partial charge on any atom is 0.255 e. The van der Waals surface area contributed by atoms with Crippen molar-refractivity contribution >= 4 is 17.2 Å². The minimum absolute atomic E-state index is 0.138. The molecule has 1 amide bonds. The number of nitriles is 1. The molecular formula is C23H28FN7O3. The predicted octanol–water partition coefficient (Wildman–Crippen LogP) is 2.07. The van der Waals surface area contributed by atoms with Gasteiger partial charge in [-0.25, -0.2) is 13.9 Å². The average molecular weight is 470 g/mol. The first-order chi connectivity index (χ1) is 15.8. The molecule has 0 bridgehead atoms. The standard InChI is InChI=1S/C23H28FN7O3/c1-13(22(2,3)33)30-18-6-17(15-10-29-31-12-14(7-25)8-27-20(15)31)26-9-16(18)21(32)28-11-19(24)23(4,5)34/h6,8-10,12-13,19,33-34H,11H2,1-5H3,(H,26,30)(H,28,32)/t13-,19+/m0/s1. The first kappa shape index (κ1) is 25.0. The van der Waals surface area contributed by atoms with Gasteiger partial charge in [-0.05, 0) is 40.7 Å². The lowest BCUT2D eigenvalue weighted by molar-refractivity contribution is -0.00178. The van der Waals surface area contributed by atoms with Gasteiger partial charge < -0.3 is 20.8 Å². The Kier molecular flexibility index (Phi) is 6.86. The largest absolute Gasteiger partial charge is 0.388 e. The number of hydrogen-bond donors (Lipinski definition) is 4. The third kappa shape index (κ3) is 5.47. The minimum Gasteiger partial charge on any atom is -0.388 e. The van der Waals surface area contributed by atoms with Gasteiger partial charge in [0, 0.05) is 12.4 Å². The van der Waals surface area contributed by atoms with Gasteiger partial charge in [-0.15, -0.1) is 0 Å². The lowest BCUT2D eigenvalue weighted by atomic mass is 9.99. The predicted molar refractivity (Wildman–Crippen MR) is 124 cm³/mol. The van der Waals surface area contributed by atoms with Gasteiger partial charge in [-0.3, -0.25) is 9.78 Å². The van der Waals surface area contributed by atoms with Crippen LogP contribution in [0.3, 0.4) is 0 Å². The van der Waals surface area contributed by atoms with Gasteiger partial charge >= 0.3 is 0 Å². The Hall–Kier alpha value is -3.62. The Balaban J connectivity index is 1.99. The molecule has 3 rings (SSSR count). The molecule has 4 N–H and O–H groups in total. The Morgan fingerprint density at radius 3 is 2.53 bits per heavy atom. The number of carbonyl (C=O) groups is 1. The fourth-order valence-corrected chi connectivity index (χ4v) is 2.95. The third-order valence-corrected chi connectivity index (χ3v) is 5.55. The zero-order valence-electron chi connectivity index (χ0n) is 19.7. The fraction of sp³-hybridized carbons (Fsp3) is 0.435. The summed E-state index contributed by atoms with van der Waals surface area (Å²) in [4.78, 5) is 21.5. The summed E-state index contributed by atoms with van der Waals surface area (Å²) in [5, 5.41) is 39.1. The molecule has 3 aromatic rings. The second-order valence-electron chi connectivity index (χ2n) is 9.25. The molecule has 3 aromatic heterocycles. The molecule has 11 heteroatoms.